The summed E-state index contributed by atoms with van der Waals surface area (Å²) in [5.41, 5.74) is 1.22. The summed E-state index contributed by atoms with van der Waals surface area (Å²) in [4.78, 5) is 0.0203. The predicted molar refractivity (Wildman–Crippen MR) is 87.2 cm³/mol. The molecule has 23 heavy (non-hydrogen) atoms. The van der Waals surface area contributed by atoms with Crippen molar-refractivity contribution in [2.24, 2.45) is 0 Å². The van der Waals surface area contributed by atoms with E-state index in [1.54, 1.807) is 30.3 Å². The molecule has 2 aromatic heterocycles. The molecule has 4 rings (SSSR count). The highest BCUT2D eigenvalue weighted by atomic mass is 35.5. The van der Waals surface area contributed by atoms with Crippen molar-refractivity contribution in [1.82, 2.24) is 13.9 Å². The van der Waals surface area contributed by atoms with E-state index in [9.17, 15) is 8.42 Å². The number of halogens is 1. The zero-order chi connectivity index (χ0) is 16.0. The molecule has 7 nitrogen and oxygen atoms in total. The van der Waals surface area contributed by atoms with Crippen LogP contribution in [0.4, 0.5) is 5.82 Å². The monoisotopic (exact) mass is 366 g/mol. The molecule has 0 spiro atoms. The minimum absolute atomic E-state index is 0.0203. The fourth-order valence-electron chi connectivity index (χ4n) is 2.20. The van der Waals surface area contributed by atoms with Crippen molar-refractivity contribution in [3.63, 3.8) is 0 Å². The minimum atomic E-state index is -3.91. The highest BCUT2D eigenvalue weighted by molar-refractivity contribution is 7.93. The number of nitrogens with one attached hydrogen (secondary N) is 1. The number of sulfonamides is 1. The number of hydrogen-bond donors (Lipinski definition) is 1. The van der Waals surface area contributed by atoms with Crippen LogP contribution in [0.15, 0.2) is 45.8 Å². The lowest BCUT2D eigenvalue weighted by Gasteiger charge is -2.06. The first-order valence-corrected chi connectivity index (χ1v) is 8.93. The van der Waals surface area contributed by atoms with Gasteiger partial charge in [-0.25, -0.2) is 8.42 Å². The van der Waals surface area contributed by atoms with Crippen LogP contribution in [-0.2, 0) is 10.0 Å². The maximum atomic E-state index is 12.7. The zero-order valence-corrected chi connectivity index (χ0v) is 13.6. The third-order valence-corrected chi connectivity index (χ3v) is 5.45. The largest absolute Gasteiger partial charge is 0.354 e. The summed E-state index contributed by atoms with van der Waals surface area (Å²) in [5.74, 6) is 0.0331. The van der Waals surface area contributed by atoms with E-state index in [0.29, 0.717) is 27.0 Å². The third kappa shape index (κ3) is 2.33. The van der Waals surface area contributed by atoms with Crippen molar-refractivity contribution in [1.29, 1.82) is 0 Å². The lowest BCUT2D eigenvalue weighted by Crippen LogP contribution is -2.14. The van der Waals surface area contributed by atoms with Crippen LogP contribution >= 0.6 is 23.3 Å². The molecule has 0 aliphatic heterocycles. The van der Waals surface area contributed by atoms with Gasteiger partial charge in [-0.05, 0) is 24.3 Å². The van der Waals surface area contributed by atoms with Gasteiger partial charge in [0.1, 0.15) is 15.9 Å². The summed E-state index contributed by atoms with van der Waals surface area (Å²) >= 11 is 7.05. The topological polar surface area (TPSA) is 98.0 Å². The van der Waals surface area contributed by atoms with Gasteiger partial charge in [-0.15, -0.1) is 0 Å². The van der Waals surface area contributed by atoms with E-state index in [1.165, 1.54) is 6.07 Å². The van der Waals surface area contributed by atoms with E-state index in [2.05, 4.69) is 18.6 Å². The Kier molecular flexibility index (Phi) is 3.22. The van der Waals surface area contributed by atoms with Crippen molar-refractivity contribution >= 4 is 61.2 Å². The molecule has 0 radical (unpaired) electrons. The van der Waals surface area contributed by atoms with Gasteiger partial charge in [0.25, 0.3) is 10.0 Å². The Morgan fingerprint density at radius 2 is 1.96 bits per heavy atom. The van der Waals surface area contributed by atoms with Crippen LogP contribution in [0, 0.1) is 0 Å². The molecule has 10 heteroatoms. The van der Waals surface area contributed by atoms with E-state index < -0.39 is 10.0 Å². The summed E-state index contributed by atoms with van der Waals surface area (Å²) in [6, 6.07) is 9.72. The summed E-state index contributed by atoms with van der Waals surface area (Å²) in [7, 11) is -3.91. The molecule has 0 saturated heterocycles. The SMILES string of the molecule is O=S(=O)(Nc1noc2cccc(Cl)c12)c1cccc2nsnc12. The average Bonchev–Trinajstić information content (AvgIpc) is 3.14. The van der Waals surface area contributed by atoms with Crippen LogP contribution in [0.3, 0.4) is 0 Å². The van der Waals surface area contributed by atoms with Gasteiger partial charge in [0, 0.05) is 0 Å². The summed E-state index contributed by atoms with van der Waals surface area (Å²) in [6.07, 6.45) is 0. The van der Waals surface area contributed by atoms with Gasteiger partial charge in [-0.2, -0.15) is 8.75 Å². The quantitative estimate of drug-likeness (QED) is 0.597. The van der Waals surface area contributed by atoms with Gasteiger partial charge >= 0.3 is 0 Å². The van der Waals surface area contributed by atoms with Crippen molar-refractivity contribution in [2.75, 3.05) is 4.72 Å². The number of anilines is 1. The van der Waals surface area contributed by atoms with Gasteiger partial charge in [-0.3, -0.25) is 4.72 Å². The molecule has 0 amide bonds. The Hall–Kier alpha value is -2.23. The standard InChI is InChI=1S/C13H7ClN4O3S2/c14-7-3-1-5-9-11(7)13(15-21-9)18-23(19,20)10-6-2-4-8-12(10)17-22-16-8/h1-6H,(H,15,18). The normalized spacial score (nSPS) is 12.0. The smallest absolute Gasteiger partial charge is 0.265 e. The zero-order valence-electron chi connectivity index (χ0n) is 11.2. The predicted octanol–water partition coefficient (Wildman–Crippen LogP) is 3.29. The number of fused-ring (bicyclic) bond motifs is 2. The van der Waals surface area contributed by atoms with E-state index in [1.807, 2.05) is 0 Å². The fourth-order valence-corrected chi connectivity index (χ4v) is 4.23. The minimum Gasteiger partial charge on any atom is -0.354 e. The Balaban J connectivity index is 1.85. The van der Waals surface area contributed by atoms with Crippen molar-refractivity contribution < 1.29 is 12.9 Å². The second-order valence-corrected chi connectivity index (χ2v) is 7.22. The van der Waals surface area contributed by atoms with Crippen molar-refractivity contribution in [3.8, 4) is 0 Å². The van der Waals surface area contributed by atoms with E-state index in [4.69, 9.17) is 16.1 Å². The van der Waals surface area contributed by atoms with Crippen LogP contribution in [0.25, 0.3) is 22.0 Å². The average molecular weight is 367 g/mol. The Bertz CT molecular complexity index is 1140. The highest BCUT2D eigenvalue weighted by Gasteiger charge is 2.23. The van der Waals surface area contributed by atoms with Crippen molar-refractivity contribution in [2.45, 2.75) is 4.90 Å². The highest BCUT2D eigenvalue weighted by Crippen LogP contribution is 2.32. The molecule has 0 fully saturated rings. The third-order valence-electron chi connectivity index (χ3n) is 3.22. The van der Waals surface area contributed by atoms with Crippen LogP contribution < -0.4 is 4.72 Å². The van der Waals surface area contributed by atoms with Crippen LogP contribution in [-0.4, -0.2) is 22.3 Å². The molecule has 0 bridgehead atoms. The molecule has 4 aromatic rings. The van der Waals surface area contributed by atoms with Crippen LogP contribution in [0.5, 0.6) is 0 Å². The van der Waals surface area contributed by atoms with Gasteiger partial charge in [0.15, 0.2) is 11.4 Å². The molecule has 0 aliphatic rings. The summed E-state index contributed by atoms with van der Waals surface area (Å²) in [5, 5.41) is 4.50. The molecule has 2 heterocycles. The number of aromatic nitrogens is 3. The molecule has 116 valence electrons. The maximum absolute atomic E-state index is 12.7. The molecule has 0 unspecified atom stereocenters. The Morgan fingerprint density at radius 1 is 1.13 bits per heavy atom. The lowest BCUT2D eigenvalue weighted by molar-refractivity contribution is 0.460. The fraction of sp³-hybridized carbons (Fsp3) is 0. The van der Waals surface area contributed by atoms with Gasteiger partial charge in [0.2, 0.25) is 0 Å². The van der Waals surface area contributed by atoms with Crippen LogP contribution in [0.1, 0.15) is 0 Å². The number of benzene rings is 2. The number of nitrogens with zero attached hydrogens (tertiary/aromatic N) is 3. The lowest BCUT2D eigenvalue weighted by atomic mass is 10.2. The molecule has 0 atom stereocenters. The first kappa shape index (κ1) is 14.4. The first-order chi connectivity index (χ1) is 11.1. The second-order valence-electron chi connectivity index (χ2n) is 4.64. The van der Waals surface area contributed by atoms with Crippen LogP contribution in [0.2, 0.25) is 5.02 Å². The molecule has 0 saturated carbocycles. The molecular weight excluding hydrogens is 360 g/mol. The molecule has 1 N–H and O–H groups in total. The first-order valence-electron chi connectivity index (χ1n) is 6.34. The van der Waals surface area contributed by atoms with Gasteiger partial charge in [0.05, 0.1) is 22.1 Å². The molecular formula is C13H7ClN4O3S2. The Labute approximate surface area is 139 Å². The number of rotatable bonds is 3. The van der Waals surface area contributed by atoms with Crippen molar-refractivity contribution in [3.05, 3.63) is 41.4 Å². The van der Waals surface area contributed by atoms with E-state index in [0.717, 1.165) is 11.7 Å². The van der Waals surface area contributed by atoms with E-state index >= 15 is 0 Å². The molecule has 0 aliphatic carbocycles. The van der Waals surface area contributed by atoms with E-state index in [-0.39, 0.29) is 10.7 Å². The van der Waals surface area contributed by atoms with Gasteiger partial charge < -0.3 is 4.52 Å². The number of hydrogen-bond acceptors (Lipinski definition) is 7. The Morgan fingerprint density at radius 3 is 2.83 bits per heavy atom. The second kappa shape index (κ2) is 5.15. The summed E-state index contributed by atoms with van der Waals surface area (Å²) in [6.45, 7) is 0. The maximum Gasteiger partial charge on any atom is 0.265 e. The van der Waals surface area contributed by atoms with Gasteiger partial charge in [-0.1, -0.05) is 28.9 Å². The summed E-state index contributed by atoms with van der Waals surface area (Å²) < 4.78 is 40.9. The molecule has 2 aromatic carbocycles.